The van der Waals surface area contributed by atoms with E-state index in [1.54, 1.807) is 25.2 Å². The number of nitro benzene ring substituents is 1. The quantitative estimate of drug-likeness (QED) is 0.364. The molecule has 0 aliphatic carbocycles. The molecule has 18 heavy (non-hydrogen) atoms. The molecule has 0 saturated heterocycles. The lowest BCUT2D eigenvalue weighted by molar-refractivity contribution is -0.387. The fraction of sp³-hybridized carbons (Fsp3) is 0.364. The third-order valence-electron chi connectivity index (χ3n) is 2.30. The summed E-state index contributed by atoms with van der Waals surface area (Å²) in [5.41, 5.74) is 0.0437. The molecule has 0 spiro atoms. The third-order valence-corrected chi connectivity index (χ3v) is 3.46. The molecule has 1 rings (SSSR count). The van der Waals surface area contributed by atoms with Crippen LogP contribution in [0.2, 0.25) is 0 Å². The zero-order valence-electron chi connectivity index (χ0n) is 10.1. The second-order valence-corrected chi connectivity index (χ2v) is 4.46. The molecular weight excluding hydrogens is 256 g/mol. The van der Waals surface area contributed by atoms with E-state index in [9.17, 15) is 14.9 Å². The first-order chi connectivity index (χ1) is 8.60. The van der Waals surface area contributed by atoms with Crippen molar-refractivity contribution in [1.29, 1.82) is 0 Å². The number of esters is 1. The average molecular weight is 270 g/mol. The van der Waals surface area contributed by atoms with Crippen LogP contribution >= 0.6 is 11.8 Å². The first-order valence-electron chi connectivity index (χ1n) is 5.21. The number of rotatable bonds is 6. The van der Waals surface area contributed by atoms with Gasteiger partial charge in [0.05, 0.1) is 16.9 Å². The van der Waals surface area contributed by atoms with E-state index in [1.165, 1.54) is 24.9 Å². The number of nitro groups is 1. The monoisotopic (exact) mass is 270 g/mol. The highest BCUT2D eigenvalue weighted by molar-refractivity contribution is 7.99. The van der Waals surface area contributed by atoms with Gasteiger partial charge in [-0.3, -0.25) is 14.9 Å². The SMILES string of the molecule is CNC(CSc1ccccc1[N+](=O)[O-])C(=O)OC. The maximum Gasteiger partial charge on any atom is 0.323 e. The van der Waals surface area contributed by atoms with Crippen molar-refractivity contribution in [2.45, 2.75) is 10.9 Å². The van der Waals surface area contributed by atoms with Crippen molar-refractivity contribution in [1.82, 2.24) is 5.32 Å². The van der Waals surface area contributed by atoms with Gasteiger partial charge in [0.2, 0.25) is 0 Å². The number of hydrogen-bond donors (Lipinski definition) is 1. The van der Waals surface area contributed by atoms with Crippen LogP contribution in [0, 0.1) is 10.1 Å². The normalized spacial score (nSPS) is 11.9. The number of carbonyl (C=O) groups is 1. The molecule has 1 aromatic rings. The summed E-state index contributed by atoms with van der Waals surface area (Å²) in [7, 11) is 2.95. The number of thioether (sulfide) groups is 1. The molecule has 0 aliphatic rings. The van der Waals surface area contributed by atoms with E-state index in [1.807, 2.05) is 0 Å². The molecule has 98 valence electrons. The Morgan fingerprint density at radius 3 is 2.78 bits per heavy atom. The van der Waals surface area contributed by atoms with Crippen LogP contribution < -0.4 is 5.32 Å². The van der Waals surface area contributed by atoms with Crippen LogP contribution in [0.1, 0.15) is 0 Å². The van der Waals surface area contributed by atoms with Crippen molar-refractivity contribution in [2.75, 3.05) is 19.9 Å². The summed E-state index contributed by atoms with van der Waals surface area (Å²) in [5.74, 6) is -0.0165. The number of methoxy groups -OCH3 is 1. The summed E-state index contributed by atoms with van der Waals surface area (Å²) in [6.07, 6.45) is 0. The smallest absolute Gasteiger partial charge is 0.323 e. The van der Waals surface area contributed by atoms with Gasteiger partial charge in [0, 0.05) is 11.8 Å². The molecule has 0 aromatic heterocycles. The number of nitrogens with one attached hydrogen (secondary N) is 1. The zero-order valence-corrected chi connectivity index (χ0v) is 10.9. The predicted octanol–water partition coefficient (Wildman–Crippen LogP) is 1.45. The number of para-hydroxylation sites is 1. The summed E-state index contributed by atoms with van der Waals surface area (Å²) >= 11 is 1.25. The van der Waals surface area contributed by atoms with Crippen LogP contribution in [-0.2, 0) is 9.53 Å². The summed E-state index contributed by atoms with van der Waals surface area (Å²) in [5, 5.41) is 13.6. The fourth-order valence-corrected chi connectivity index (χ4v) is 2.43. The molecule has 1 N–H and O–H groups in total. The zero-order chi connectivity index (χ0) is 13.5. The summed E-state index contributed by atoms with van der Waals surface area (Å²) in [4.78, 5) is 22.3. The van der Waals surface area contributed by atoms with Crippen molar-refractivity contribution < 1.29 is 14.5 Å². The predicted molar refractivity (Wildman–Crippen MR) is 68.7 cm³/mol. The lowest BCUT2D eigenvalue weighted by Gasteiger charge is -2.12. The van der Waals surface area contributed by atoms with Crippen LogP contribution in [0.5, 0.6) is 0 Å². The lowest BCUT2D eigenvalue weighted by atomic mass is 10.3. The van der Waals surface area contributed by atoms with E-state index in [-0.39, 0.29) is 11.7 Å². The van der Waals surface area contributed by atoms with Crippen molar-refractivity contribution in [3.63, 3.8) is 0 Å². The van der Waals surface area contributed by atoms with Crippen LogP contribution in [0.15, 0.2) is 29.2 Å². The Morgan fingerprint density at radius 1 is 1.56 bits per heavy atom. The van der Waals surface area contributed by atoms with Crippen LogP contribution in [0.3, 0.4) is 0 Å². The molecule has 0 fully saturated rings. The van der Waals surface area contributed by atoms with E-state index in [0.717, 1.165) is 0 Å². The Balaban J connectivity index is 2.73. The highest BCUT2D eigenvalue weighted by atomic mass is 32.2. The van der Waals surface area contributed by atoms with E-state index in [2.05, 4.69) is 10.1 Å². The number of nitrogens with zero attached hydrogens (tertiary/aromatic N) is 1. The van der Waals surface area contributed by atoms with E-state index in [4.69, 9.17) is 0 Å². The molecule has 0 bridgehead atoms. The maximum absolute atomic E-state index is 11.4. The molecule has 1 unspecified atom stereocenters. The van der Waals surface area contributed by atoms with E-state index >= 15 is 0 Å². The number of ether oxygens (including phenoxy) is 1. The minimum Gasteiger partial charge on any atom is -0.468 e. The van der Waals surface area contributed by atoms with Crippen molar-refractivity contribution >= 4 is 23.4 Å². The summed E-state index contributed by atoms with van der Waals surface area (Å²) in [6, 6.07) is 5.95. The number of benzene rings is 1. The Labute approximate surface area is 109 Å². The van der Waals surface area contributed by atoms with Gasteiger partial charge in [-0.15, -0.1) is 11.8 Å². The Kier molecular flexibility index (Phi) is 5.60. The number of carbonyl (C=O) groups excluding carboxylic acids is 1. The fourth-order valence-electron chi connectivity index (χ4n) is 1.31. The van der Waals surface area contributed by atoms with Crippen LogP contribution in [0.4, 0.5) is 5.69 Å². The van der Waals surface area contributed by atoms with Gasteiger partial charge in [-0.1, -0.05) is 12.1 Å². The maximum atomic E-state index is 11.4. The van der Waals surface area contributed by atoms with Gasteiger partial charge in [-0.2, -0.15) is 0 Å². The van der Waals surface area contributed by atoms with Gasteiger partial charge in [0.25, 0.3) is 5.69 Å². The topological polar surface area (TPSA) is 81.5 Å². The Morgan fingerprint density at radius 2 is 2.22 bits per heavy atom. The highest BCUT2D eigenvalue weighted by Gasteiger charge is 2.19. The molecule has 0 amide bonds. The van der Waals surface area contributed by atoms with Crippen molar-refractivity contribution in [3.8, 4) is 0 Å². The second-order valence-electron chi connectivity index (χ2n) is 3.40. The van der Waals surface area contributed by atoms with Gasteiger partial charge < -0.3 is 10.1 Å². The molecule has 1 atom stereocenters. The van der Waals surface area contributed by atoms with E-state index in [0.29, 0.717) is 10.6 Å². The molecule has 1 aromatic carbocycles. The standard InChI is InChI=1S/C11H14N2O4S/c1-12-8(11(14)17-2)7-18-10-6-4-3-5-9(10)13(15)16/h3-6,8,12H,7H2,1-2H3. The largest absolute Gasteiger partial charge is 0.468 e. The van der Waals surface area contributed by atoms with Gasteiger partial charge in [-0.25, -0.2) is 0 Å². The van der Waals surface area contributed by atoms with Gasteiger partial charge in [0.15, 0.2) is 0 Å². The van der Waals surface area contributed by atoms with Gasteiger partial charge in [0.1, 0.15) is 6.04 Å². The van der Waals surface area contributed by atoms with Gasteiger partial charge in [-0.05, 0) is 13.1 Å². The van der Waals surface area contributed by atoms with Gasteiger partial charge >= 0.3 is 5.97 Å². The van der Waals surface area contributed by atoms with E-state index < -0.39 is 11.0 Å². The number of likely N-dealkylation sites (N-methyl/N-ethyl adjacent to an activating group) is 1. The molecule has 0 radical (unpaired) electrons. The van der Waals surface area contributed by atoms with Crippen LogP contribution in [-0.4, -0.2) is 36.8 Å². The summed E-state index contributed by atoms with van der Waals surface area (Å²) < 4.78 is 4.62. The highest BCUT2D eigenvalue weighted by Crippen LogP contribution is 2.28. The molecular formula is C11H14N2O4S. The molecule has 6 nitrogen and oxygen atoms in total. The second kappa shape index (κ2) is 6.97. The Hall–Kier alpha value is -1.60. The first-order valence-corrected chi connectivity index (χ1v) is 6.20. The number of hydrogen-bond acceptors (Lipinski definition) is 6. The minimum absolute atomic E-state index is 0.0437. The Bertz CT molecular complexity index is 439. The molecule has 0 heterocycles. The van der Waals surface area contributed by atoms with Crippen molar-refractivity contribution in [3.05, 3.63) is 34.4 Å². The van der Waals surface area contributed by atoms with Crippen molar-refractivity contribution in [2.24, 2.45) is 0 Å². The third kappa shape index (κ3) is 3.71. The average Bonchev–Trinajstić information content (AvgIpc) is 2.39. The molecule has 0 saturated carbocycles. The summed E-state index contributed by atoms with van der Waals surface area (Å²) in [6.45, 7) is 0. The first kappa shape index (κ1) is 14.5. The lowest BCUT2D eigenvalue weighted by Crippen LogP contribution is -2.37. The minimum atomic E-state index is -0.486. The van der Waals surface area contributed by atoms with Crippen LogP contribution in [0.25, 0.3) is 0 Å². The molecule has 7 heteroatoms. The molecule has 0 aliphatic heterocycles.